The van der Waals surface area contributed by atoms with Gasteiger partial charge in [-0.25, -0.2) is 9.78 Å². The van der Waals surface area contributed by atoms with E-state index < -0.39 is 5.97 Å². The first-order chi connectivity index (χ1) is 9.04. The molecule has 0 radical (unpaired) electrons. The SMILES string of the molecule is CC(C)n1cc(C(=O)O)nc1C1C[C@H]2CC[C@@H](C1)N2. The zero-order chi connectivity index (χ0) is 13.6. The molecule has 0 saturated carbocycles. The molecule has 5 heteroatoms. The summed E-state index contributed by atoms with van der Waals surface area (Å²) in [6.45, 7) is 4.15. The van der Waals surface area contributed by atoms with Crippen LogP contribution in [-0.2, 0) is 0 Å². The van der Waals surface area contributed by atoms with Crippen molar-refractivity contribution < 1.29 is 9.90 Å². The van der Waals surface area contributed by atoms with Crippen LogP contribution in [0.25, 0.3) is 0 Å². The molecular weight excluding hydrogens is 242 g/mol. The Hall–Kier alpha value is -1.36. The van der Waals surface area contributed by atoms with Gasteiger partial charge in [-0.15, -0.1) is 0 Å². The Balaban J connectivity index is 1.92. The second-order valence-electron chi connectivity index (χ2n) is 6.10. The molecule has 3 atom stereocenters. The van der Waals surface area contributed by atoms with Gasteiger partial charge in [0, 0.05) is 30.2 Å². The molecule has 1 unspecified atom stereocenters. The number of nitrogens with zero attached hydrogens (tertiary/aromatic N) is 2. The fourth-order valence-electron chi connectivity index (χ4n) is 3.49. The second-order valence-corrected chi connectivity index (χ2v) is 6.10. The van der Waals surface area contributed by atoms with Crippen LogP contribution in [-0.4, -0.2) is 32.7 Å². The molecule has 1 aromatic heterocycles. The zero-order valence-corrected chi connectivity index (χ0v) is 11.5. The molecule has 5 nitrogen and oxygen atoms in total. The average Bonchev–Trinajstić information content (AvgIpc) is 2.93. The molecule has 0 amide bonds. The van der Waals surface area contributed by atoms with Crippen molar-refractivity contribution in [2.75, 3.05) is 0 Å². The Morgan fingerprint density at radius 3 is 2.58 bits per heavy atom. The van der Waals surface area contributed by atoms with Gasteiger partial charge in [0.05, 0.1) is 0 Å². The van der Waals surface area contributed by atoms with E-state index in [1.54, 1.807) is 6.20 Å². The Morgan fingerprint density at radius 1 is 1.42 bits per heavy atom. The van der Waals surface area contributed by atoms with Crippen molar-refractivity contribution in [2.45, 2.75) is 63.6 Å². The van der Waals surface area contributed by atoms with Gasteiger partial charge in [-0.1, -0.05) is 0 Å². The van der Waals surface area contributed by atoms with E-state index in [9.17, 15) is 4.79 Å². The number of carboxylic acids is 1. The number of hydrogen-bond acceptors (Lipinski definition) is 3. The number of carbonyl (C=O) groups is 1. The maximum atomic E-state index is 11.1. The van der Waals surface area contributed by atoms with E-state index >= 15 is 0 Å². The number of aromatic carboxylic acids is 1. The van der Waals surface area contributed by atoms with Crippen molar-refractivity contribution in [1.29, 1.82) is 0 Å². The Kier molecular flexibility index (Phi) is 3.09. The van der Waals surface area contributed by atoms with Gasteiger partial charge >= 0.3 is 5.97 Å². The van der Waals surface area contributed by atoms with Crippen LogP contribution in [0.15, 0.2) is 6.20 Å². The molecule has 3 heterocycles. The minimum atomic E-state index is -0.933. The summed E-state index contributed by atoms with van der Waals surface area (Å²) in [5, 5.41) is 12.7. The van der Waals surface area contributed by atoms with E-state index in [0.717, 1.165) is 18.7 Å². The quantitative estimate of drug-likeness (QED) is 0.877. The van der Waals surface area contributed by atoms with Gasteiger partial charge in [-0.3, -0.25) is 0 Å². The maximum absolute atomic E-state index is 11.1. The lowest BCUT2D eigenvalue weighted by molar-refractivity contribution is 0.0690. The number of aromatic nitrogens is 2. The lowest BCUT2D eigenvalue weighted by Crippen LogP contribution is -2.38. The standard InChI is InChI=1S/C14H21N3O2/c1-8(2)17-7-12(14(18)19)16-13(17)9-5-10-3-4-11(6-9)15-10/h7-11,15H,3-6H2,1-2H3,(H,18,19)/t9?,10-,11+. The molecule has 3 rings (SSSR count). The summed E-state index contributed by atoms with van der Waals surface area (Å²) in [6.07, 6.45) is 6.34. The average molecular weight is 263 g/mol. The number of carboxylic acid groups (broad SMARTS) is 1. The van der Waals surface area contributed by atoms with Crippen molar-refractivity contribution in [3.63, 3.8) is 0 Å². The summed E-state index contributed by atoms with van der Waals surface area (Å²) in [4.78, 5) is 15.5. The Bertz CT molecular complexity index is 483. The number of imidazole rings is 1. The summed E-state index contributed by atoms with van der Waals surface area (Å²) in [7, 11) is 0. The molecule has 0 spiro atoms. The predicted molar refractivity (Wildman–Crippen MR) is 71.5 cm³/mol. The first-order valence-corrected chi connectivity index (χ1v) is 7.12. The topological polar surface area (TPSA) is 67.2 Å². The highest BCUT2D eigenvalue weighted by Gasteiger charge is 2.36. The summed E-state index contributed by atoms with van der Waals surface area (Å²) < 4.78 is 2.04. The smallest absolute Gasteiger partial charge is 0.356 e. The maximum Gasteiger partial charge on any atom is 0.356 e. The normalized spacial score (nSPS) is 29.9. The van der Waals surface area contributed by atoms with Crippen molar-refractivity contribution in [3.05, 3.63) is 17.7 Å². The van der Waals surface area contributed by atoms with E-state index in [1.165, 1.54) is 12.8 Å². The van der Waals surface area contributed by atoms with Crippen LogP contribution < -0.4 is 5.32 Å². The molecule has 2 N–H and O–H groups in total. The molecule has 2 bridgehead atoms. The van der Waals surface area contributed by atoms with Crippen molar-refractivity contribution in [2.24, 2.45) is 0 Å². The van der Waals surface area contributed by atoms with Crippen LogP contribution in [0, 0.1) is 0 Å². The van der Waals surface area contributed by atoms with Gasteiger partial charge in [0.2, 0.25) is 0 Å². The lowest BCUT2D eigenvalue weighted by atomic mass is 9.91. The van der Waals surface area contributed by atoms with E-state index in [1.807, 2.05) is 4.57 Å². The zero-order valence-electron chi connectivity index (χ0n) is 11.5. The predicted octanol–water partition coefficient (Wildman–Crippen LogP) is 2.16. The van der Waals surface area contributed by atoms with Crippen molar-refractivity contribution in [1.82, 2.24) is 14.9 Å². The summed E-state index contributed by atoms with van der Waals surface area (Å²) >= 11 is 0. The van der Waals surface area contributed by atoms with Gasteiger partial charge < -0.3 is 15.0 Å². The monoisotopic (exact) mass is 263 g/mol. The third-order valence-corrected chi connectivity index (χ3v) is 4.37. The van der Waals surface area contributed by atoms with Crippen LogP contribution in [0.3, 0.4) is 0 Å². The van der Waals surface area contributed by atoms with Crippen LogP contribution in [0.4, 0.5) is 0 Å². The molecule has 1 aromatic rings. The Morgan fingerprint density at radius 2 is 2.05 bits per heavy atom. The fraction of sp³-hybridized carbons (Fsp3) is 0.714. The molecule has 0 aliphatic carbocycles. The molecule has 19 heavy (non-hydrogen) atoms. The number of nitrogens with one attached hydrogen (secondary N) is 1. The van der Waals surface area contributed by atoms with Gasteiger partial charge in [0.15, 0.2) is 5.69 Å². The first-order valence-electron chi connectivity index (χ1n) is 7.12. The number of hydrogen-bond donors (Lipinski definition) is 2. The molecule has 104 valence electrons. The van der Waals surface area contributed by atoms with Crippen molar-refractivity contribution in [3.8, 4) is 0 Å². The van der Waals surface area contributed by atoms with Crippen LogP contribution in [0.2, 0.25) is 0 Å². The van der Waals surface area contributed by atoms with Crippen LogP contribution >= 0.6 is 0 Å². The highest BCUT2D eigenvalue weighted by atomic mass is 16.4. The second kappa shape index (κ2) is 4.63. The Labute approximate surface area is 113 Å². The van der Waals surface area contributed by atoms with E-state index in [-0.39, 0.29) is 11.7 Å². The van der Waals surface area contributed by atoms with E-state index in [0.29, 0.717) is 18.0 Å². The van der Waals surface area contributed by atoms with Gasteiger partial charge in [0.25, 0.3) is 0 Å². The van der Waals surface area contributed by atoms with Gasteiger partial charge in [-0.05, 0) is 39.5 Å². The summed E-state index contributed by atoms with van der Waals surface area (Å²) in [5.41, 5.74) is 0.176. The van der Waals surface area contributed by atoms with Crippen LogP contribution in [0.1, 0.15) is 67.8 Å². The molecule has 0 aromatic carbocycles. The molecule has 2 fully saturated rings. The number of fused-ring (bicyclic) bond motifs is 2. The summed E-state index contributed by atoms with van der Waals surface area (Å²) in [5.74, 6) is 0.428. The third kappa shape index (κ3) is 2.27. The molecular formula is C14H21N3O2. The molecule has 2 saturated heterocycles. The fourth-order valence-corrected chi connectivity index (χ4v) is 3.49. The third-order valence-electron chi connectivity index (χ3n) is 4.37. The number of piperidine rings is 1. The largest absolute Gasteiger partial charge is 0.476 e. The van der Waals surface area contributed by atoms with Crippen LogP contribution in [0.5, 0.6) is 0 Å². The van der Waals surface area contributed by atoms with E-state index in [4.69, 9.17) is 5.11 Å². The van der Waals surface area contributed by atoms with Gasteiger partial charge in [0.1, 0.15) is 5.82 Å². The molecule has 2 aliphatic heterocycles. The van der Waals surface area contributed by atoms with E-state index in [2.05, 4.69) is 24.1 Å². The van der Waals surface area contributed by atoms with Crippen molar-refractivity contribution >= 4 is 5.97 Å². The van der Waals surface area contributed by atoms with Gasteiger partial charge in [-0.2, -0.15) is 0 Å². The molecule has 2 aliphatic rings. The summed E-state index contributed by atoms with van der Waals surface area (Å²) in [6, 6.07) is 1.44. The minimum Gasteiger partial charge on any atom is -0.476 e. The highest BCUT2D eigenvalue weighted by Crippen LogP contribution is 2.37. The number of rotatable bonds is 3. The first kappa shape index (κ1) is 12.7. The minimum absolute atomic E-state index is 0.176. The lowest BCUT2D eigenvalue weighted by Gasteiger charge is -2.29. The highest BCUT2D eigenvalue weighted by molar-refractivity contribution is 5.85.